The van der Waals surface area contributed by atoms with E-state index >= 15 is 0 Å². The Morgan fingerprint density at radius 3 is 2.65 bits per heavy atom. The Labute approximate surface area is 122 Å². The first-order valence-corrected chi connectivity index (χ1v) is 6.86. The Bertz CT molecular complexity index is 652. The maximum atomic E-state index is 11.0. The number of halogens is 1. The molecule has 0 bridgehead atoms. The minimum Gasteiger partial charge on any atom is -0.486 e. The van der Waals surface area contributed by atoms with E-state index in [2.05, 4.69) is 0 Å². The number of carbonyl (C=O) groups excluding carboxylic acids is 1. The summed E-state index contributed by atoms with van der Waals surface area (Å²) in [5, 5.41) is 0.759. The van der Waals surface area contributed by atoms with Crippen LogP contribution in [-0.4, -0.2) is 5.91 Å². The van der Waals surface area contributed by atoms with Crippen LogP contribution < -0.4 is 10.5 Å². The van der Waals surface area contributed by atoms with E-state index < -0.39 is 5.91 Å². The van der Waals surface area contributed by atoms with Crippen molar-refractivity contribution in [2.75, 3.05) is 0 Å². The van der Waals surface area contributed by atoms with Gasteiger partial charge in [-0.05, 0) is 60.4 Å². The topological polar surface area (TPSA) is 52.3 Å². The number of rotatable bonds is 3. The molecule has 4 heteroatoms. The summed E-state index contributed by atoms with van der Waals surface area (Å²) in [4.78, 5) is 11.0. The molecule has 3 rings (SSSR count). The lowest BCUT2D eigenvalue weighted by molar-refractivity contribution is 0.1000. The van der Waals surface area contributed by atoms with Crippen molar-refractivity contribution in [1.29, 1.82) is 0 Å². The van der Waals surface area contributed by atoms with E-state index in [4.69, 9.17) is 22.1 Å². The van der Waals surface area contributed by atoms with Crippen LogP contribution in [0.2, 0.25) is 5.02 Å². The molecule has 2 aromatic carbocycles. The average molecular weight is 288 g/mol. The minimum atomic E-state index is -0.433. The van der Waals surface area contributed by atoms with Gasteiger partial charge in [-0.25, -0.2) is 0 Å². The summed E-state index contributed by atoms with van der Waals surface area (Å²) in [7, 11) is 0. The first-order chi connectivity index (χ1) is 9.63. The third-order valence-electron chi connectivity index (χ3n) is 3.54. The van der Waals surface area contributed by atoms with Crippen molar-refractivity contribution in [3.63, 3.8) is 0 Å². The lowest BCUT2D eigenvalue weighted by Crippen LogP contribution is -2.10. The summed E-state index contributed by atoms with van der Waals surface area (Å²) >= 11 is 5.99. The third-order valence-corrected chi connectivity index (χ3v) is 3.78. The Kier molecular flexibility index (Phi) is 3.36. The van der Waals surface area contributed by atoms with Crippen LogP contribution in [0.15, 0.2) is 42.5 Å². The molecule has 0 spiro atoms. The van der Waals surface area contributed by atoms with Crippen molar-refractivity contribution in [3.8, 4) is 5.75 Å². The standard InChI is InChI=1S/C16H14ClNO2/c17-12-4-7-14-11(9-12)3-8-15(14)20-13-5-1-10(2-6-13)16(18)19/h1-2,4-7,9,15H,3,8H2,(H2,18,19). The van der Waals surface area contributed by atoms with Gasteiger partial charge >= 0.3 is 0 Å². The monoisotopic (exact) mass is 287 g/mol. The number of primary amides is 1. The molecule has 1 aliphatic rings. The first-order valence-electron chi connectivity index (χ1n) is 6.48. The highest BCUT2D eigenvalue weighted by Gasteiger charge is 2.24. The SMILES string of the molecule is NC(=O)c1ccc(OC2CCc3cc(Cl)ccc32)cc1. The molecule has 0 saturated heterocycles. The summed E-state index contributed by atoms with van der Waals surface area (Å²) in [5.41, 5.74) is 8.13. The van der Waals surface area contributed by atoms with Crippen LogP contribution in [0, 0.1) is 0 Å². The number of aryl methyl sites for hydroxylation is 1. The van der Waals surface area contributed by atoms with E-state index in [9.17, 15) is 4.79 Å². The van der Waals surface area contributed by atoms with Gasteiger partial charge in [0.05, 0.1) is 0 Å². The zero-order chi connectivity index (χ0) is 14.1. The molecule has 1 amide bonds. The largest absolute Gasteiger partial charge is 0.486 e. The van der Waals surface area contributed by atoms with Crippen molar-refractivity contribution in [2.45, 2.75) is 18.9 Å². The number of ether oxygens (including phenoxy) is 1. The average Bonchev–Trinajstić information content (AvgIpc) is 2.81. The van der Waals surface area contributed by atoms with Crippen LogP contribution in [0.4, 0.5) is 0 Å². The lowest BCUT2D eigenvalue weighted by atomic mass is 10.1. The molecule has 1 atom stereocenters. The predicted molar refractivity (Wildman–Crippen MR) is 78.1 cm³/mol. The lowest BCUT2D eigenvalue weighted by Gasteiger charge is -2.15. The number of carbonyl (C=O) groups is 1. The second-order valence-electron chi connectivity index (χ2n) is 4.88. The number of benzene rings is 2. The maximum Gasteiger partial charge on any atom is 0.248 e. The van der Waals surface area contributed by atoms with Crippen molar-refractivity contribution >= 4 is 17.5 Å². The molecule has 0 fully saturated rings. The highest BCUT2D eigenvalue weighted by molar-refractivity contribution is 6.30. The molecule has 20 heavy (non-hydrogen) atoms. The Hall–Kier alpha value is -2.00. The van der Waals surface area contributed by atoms with Crippen LogP contribution in [0.25, 0.3) is 0 Å². The zero-order valence-electron chi connectivity index (χ0n) is 10.8. The van der Waals surface area contributed by atoms with Gasteiger partial charge in [-0.3, -0.25) is 4.79 Å². The molecule has 2 aromatic rings. The molecule has 0 aliphatic heterocycles. The molecule has 0 saturated carbocycles. The van der Waals surface area contributed by atoms with E-state index in [1.807, 2.05) is 18.2 Å². The first kappa shape index (κ1) is 13.0. The Balaban J connectivity index is 1.78. The van der Waals surface area contributed by atoms with E-state index in [0.717, 1.165) is 23.6 Å². The molecule has 0 aromatic heterocycles. The summed E-state index contributed by atoms with van der Waals surface area (Å²) in [5.74, 6) is 0.306. The summed E-state index contributed by atoms with van der Waals surface area (Å²) in [6.07, 6.45) is 1.95. The van der Waals surface area contributed by atoms with Gasteiger partial charge in [0, 0.05) is 10.6 Å². The quantitative estimate of drug-likeness (QED) is 0.939. The molecule has 1 aliphatic carbocycles. The van der Waals surface area contributed by atoms with Crippen molar-refractivity contribution in [3.05, 3.63) is 64.2 Å². The normalized spacial score (nSPS) is 16.8. The number of hydrogen-bond acceptors (Lipinski definition) is 2. The van der Waals surface area contributed by atoms with Crippen molar-refractivity contribution in [2.24, 2.45) is 5.73 Å². The van der Waals surface area contributed by atoms with Gasteiger partial charge in [-0.1, -0.05) is 17.7 Å². The number of nitrogens with two attached hydrogens (primary N) is 1. The zero-order valence-corrected chi connectivity index (χ0v) is 11.6. The highest BCUT2D eigenvalue weighted by atomic mass is 35.5. The van der Waals surface area contributed by atoms with Crippen LogP contribution in [0.5, 0.6) is 5.75 Å². The third kappa shape index (κ3) is 2.49. The highest BCUT2D eigenvalue weighted by Crippen LogP contribution is 2.36. The summed E-state index contributed by atoms with van der Waals surface area (Å²) < 4.78 is 5.98. The molecule has 1 unspecified atom stereocenters. The fourth-order valence-electron chi connectivity index (χ4n) is 2.53. The van der Waals surface area contributed by atoms with Crippen LogP contribution >= 0.6 is 11.6 Å². The number of amides is 1. The number of hydrogen-bond donors (Lipinski definition) is 1. The molecular formula is C16H14ClNO2. The van der Waals surface area contributed by atoms with Gasteiger partial charge in [0.15, 0.2) is 0 Å². The molecular weight excluding hydrogens is 274 g/mol. The van der Waals surface area contributed by atoms with E-state index in [1.54, 1.807) is 24.3 Å². The summed E-state index contributed by atoms with van der Waals surface area (Å²) in [6.45, 7) is 0. The predicted octanol–water partition coefficient (Wildman–Crippen LogP) is 3.51. The second kappa shape index (κ2) is 5.17. The molecule has 0 heterocycles. The van der Waals surface area contributed by atoms with Gasteiger partial charge in [0.25, 0.3) is 0 Å². The maximum absolute atomic E-state index is 11.0. The van der Waals surface area contributed by atoms with Gasteiger partial charge in [0.1, 0.15) is 11.9 Å². The molecule has 3 nitrogen and oxygen atoms in total. The van der Waals surface area contributed by atoms with E-state index in [1.165, 1.54) is 11.1 Å². The van der Waals surface area contributed by atoms with Crippen LogP contribution in [0.3, 0.4) is 0 Å². The number of fused-ring (bicyclic) bond motifs is 1. The van der Waals surface area contributed by atoms with Gasteiger partial charge < -0.3 is 10.5 Å². The summed E-state index contributed by atoms with van der Waals surface area (Å²) in [6, 6.07) is 12.8. The fraction of sp³-hybridized carbons (Fsp3) is 0.188. The van der Waals surface area contributed by atoms with Crippen LogP contribution in [0.1, 0.15) is 34.0 Å². The van der Waals surface area contributed by atoms with E-state index in [0.29, 0.717) is 5.56 Å². The molecule has 0 radical (unpaired) electrons. The van der Waals surface area contributed by atoms with E-state index in [-0.39, 0.29) is 6.10 Å². The van der Waals surface area contributed by atoms with Crippen molar-refractivity contribution < 1.29 is 9.53 Å². The van der Waals surface area contributed by atoms with Crippen LogP contribution in [-0.2, 0) is 6.42 Å². The van der Waals surface area contributed by atoms with Gasteiger partial charge in [-0.2, -0.15) is 0 Å². The Morgan fingerprint density at radius 1 is 1.20 bits per heavy atom. The second-order valence-corrected chi connectivity index (χ2v) is 5.31. The van der Waals surface area contributed by atoms with Gasteiger partial charge in [-0.15, -0.1) is 0 Å². The fourth-order valence-corrected chi connectivity index (χ4v) is 2.73. The van der Waals surface area contributed by atoms with Crippen molar-refractivity contribution in [1.82, 2.24) is 0 Å². The molecule has 102 valence electrons. The van der Waals surface area contributed by atoms with Gasteiger partial charge in [0.2, 0.25) is 5.91 Å². The smallest absolute Gasteiger partial charge is 0.248 e. The minimum absolute atomic E-state index is 0.0432. The Morgan fingerprint density at radius 2 is 1.95 bits per heavy atom. The molecule has 2 N–H and O–H groups in total.